The molecule has 1 amide bonds. The van der Waals surface area contributed by atoms with Gasteiger partial charge in [-0.25, -0.2) is 0 Å². The molecule has 2 N–H and O–H groups in total. The van der Waals surface area contributed by atoms with Gasteiger partial charge in [0.15, 0.2) is 0 Å². The molecule has 2 fully saturated rings. The molecule has 0 bridgehead atoms. The van der Waals surface area contributed by atoms with E-state index < -0.39 is 0 Å². The predicted octanol–water partition coefficient (Wildman–Crippen LogP) is 0.128. The maximum absolute atomic E-state index is 12.1. The van der Waals surface area contributed by atoms with E-state index in [1.165, 1.54) is 0 Å². The molecule has 0 spiro atoms. The minimum absolute atomic E-state index is 0.174. The van der Waals surface area contributed by atoms with Gasteiger partial charge in [-0.1, -0.05) is 6.92 Å². The number of hydrogen-bond acceptors (Lipinski definition) is 4. The van der Waals surface area contributed by atoms with Crippen molar-refractivity contribution >= 4 is 5.91 Å². The van der Waals surface area contributed by atoms with Gasteiger partial charge in [-0.2, -0.15) is 0 Å². The maximum Gasteiger partial charge on any atom is 0.224 e. The molecule has 20 heavy (non-hydrogen) atoms. The average molecular weight is 282 g/mol. The second kappa shape index (κ2) is 7.96. The topological polar surface area (TPSA) is 47.6 Å². The minimum atomic E-state index is 0.174. The molecule has 2 heterocycles. The van der Waals surface area contributed by atoms with Crippen LogP contribution >= 0.6 is 0 Å². The highest BCUT2D eigenvalue weighted by atomic mass is 16.1. The molecule has 2 atom stereocenters. The Morgan fingerprint density at radius 3 is 2.70 bits per heavy atom. The molecule has 2 aliphatic heterocycles. The number of hydrogen-bond donors (Lipinski definition) is 2. The van der Waals surface area contributed by atoms with Crippen LogP contribution in [-0.4, -0.2) is 74.1 Å². The van der Waals surface area contributed by atoms with Crippen LogP contribution in [0.3, 0.4) is 0 Å². The molecule has 2 unspecified atom stereocenters. The smallest absolute Gasteiger partial charge is 0.224 e. The van der Waals surface area contributed by atoms with Gasteiger partial charge in [-0.3, -0.25) is 9.69 Å². The van der Waals surface area contributed by atoms with Gasteiger partial charge in [0.05, 0.1) is 5.92 Å². The number of carbonyl (C=O) groups is 1. The van der Waals surface area contributed by atoms with E-state index >= 15 is 0 Å². The Bertz CT molecular complexity index is 296. The minimum Gasteiger partial charge on any atom is -0.354 e. The Balaban J connectivity index is 1.66. The highest BCUT2D eigenvalue weighted by Gasteiger charge is 2.23. The Morgan fingerprint density at radius 1 is 1.35 bits per heavy atom. The van der Waals surface area contributed by atoms with E-state index in [1.54, 1.807) is 0 Å². The summed E-state index contributed by atoms with van der Waals surface area (Å²) in [6.45, 7) is 12.8. The van der Waals surface area contributed by atoms with Gasteiger partial charge in [0.1, 0.15) is 0 Å². The van der Waals surface area contributed by atoms with Crippen molar-refractivity contribution in [1.82, 2.24) is 20.4 Å². The van der Waals surface area contributed by atoms with Crippen LogP contribution < -0.4 is 10.6 Å². The number of likely N-dealkylation sites (N-methyl/N-ethyl adjacent to an activating group) is 1. The predicted molar refractivity (Wildman–Crippen MR) is 81.8 cm³/mol. The summed E-state index contributed by atoms with van der Waals surface area (Å²) in [6.07, 6.45) is 2.15. The fraction of sp³-hybridized carbons (Fsp3) is 0.933. The number of rotatable bonds is 5. The molecule has 2 aliphatic rings. The third-order valence-corrected chi connectivity index (χ3v) is 4.72. The quantitative estimate of drug-likeness (QED) is 0.752. The first-order valence-electron chi connectivity index (χ1n) is 8.15. The Hall–Kier alpha value is -0.650. The second-order valence-corrected chi connectivity index (χ2v) is 6.11. The highest BCUT2D eigenvalue weighted by Crippen LogP contribution is 2.10. The molecule has 2 rings (SSSR count). The van der Waals surface area contributed by atoms with E-state index in [0.717, 1.165) is 65.2 Å². The van der Waals surface area contributed by atoms with Gasteiger partial charge < -0.3 is 15.5 Å². The van der Waals surface area contributed by atoms with Crippen molar-refractivity contribution in [3.63, 3.8) is 0 Å². The average Bonchev–Trinajstić information content (AvgIpc) is 2.53. The largest absolute Gasteiger partial charge is 0.354 e. The van der Waals surface area contributed by atoms with Crippen LogP contribution in [0.5, 0.6) is 0 Å². The van der Waals surface area contributed by atoms with E-state index in [4.69, 9.17) is 0 Å². The number of amides is 1. The normalized spacial score (nSPS) is 27.2. The summed E-state index contributed by atoms with van der Waals surface area (Å²) < 4.78 is 0. The van der Waals surface area contributed by atoms with E-state index in [9.17, 15) is 4.79 Å². The van der Waals surface area contributed by atoms with Gasteiger partial charge in [-0.05, 0) is 32.9 Å². The lowest BCUT2D eigenvalue weighted by Gasteiger charge is -2.37. The summed E-state index contributed by atoms with van der Waals surface area (Å²) in [5, 5.41) is 6.44. The van der Waals surface area contributed by atoms with Crippen LogP contribution in [0.4, 0.5) is 0 Å². The van der Waals surface area contributed by atoms with Crippen molar-refractivity contribution < 1.29 is 4.79 Å². The number of carbonyl (C=O) groups excluding carboxylic acids is 1. The van der Waals surface area contributed by atoms with Crippen LogP contribution in [0.2, 0.25) is 0 Å². The molecule has 116 valence electrons. The SMILES string of the molecule is CCN1CCN(C(C)CNC(=O)C2CCCNC2)CC1. The fourth-order valence-electron chi connectivity index (χ4n) is 3.12. The van der Waals surface area contributed by atoms with Crippen LogP contribution in [-0.2, 0) is 4.79 Å². The standard InChI is InChI=1S/C15H30N4O/c1-3-18-7-9-19(10-8-18)13(2)11-17-15(20)14-5-4-6-16-12-14/h13-14,16H,3-12H2,1-2H3,(H,17,20). The van der Waals surface area contributed by atoms with Gasteiger partial charge >= 0.3 is 0 Å². The second-order valence-electron chi connectivity index (χ2n) is 6.11. The van der Waals surface area contributed by atoms with E-state index in [2.05, 4.69) is 34.3 Å². The number of piperidine rings is 1. The zero-order chi connectivity index (χ0) is 14.4. The maximum atomic E-state index is 12.1. The lowest BCUT2D eigenvalue weighted by Crippen LogP contribution is -2.52. The van der Waals surface area contributed by atoms with Gasteiger partial charge in [0.25, 0.3) is 0 Å². The van der Waals surface area contributed by atoms with E-state index in [0.29, 0.717) is 6.04 Å². The highest BCUT2D eigenvalue weighted by molar-refractivity contribution is 5.79. The Labute approximate surface area is 123 Å². The summed E-state index contributed by atoms with van der Waals surface area (Å²) in [7, 11) is 0. The van der Waals surface area contributed by atoms with Gasteiger partial charge in [-0.15, -0.1) is 0 Å². The number of nitrogens with one attached hydrogen (secondary N) is 2. The zero-order valence-electron chi connectivity index (χ0n) is 13.0. The molecule has 0 aliphatic carbocycles. The van der Waals surface area contributed by atoms with Crippen molar-refractivity contribution in [2.24, 2.45) is 5.92 Å². The third-order valence-electron chi connectivity index (χ3n) is 4.72. The Morgan fingerprint density at radius 2 is 2.10 bits per heavy atom. The molecule has 2 saturated heterocycles. The van der Waals surface area contributed by atoms with Gasteiger partial charge in [0, 0.05) is 45.3 Å². The monoisotopic (exact) mass is 282 g/mol. The molecule has 0 radical (unpaired) electrons. The molecular formula is C15H30N4O. The first-order chi connectivity index (χ1) is 9.70. The van der Waals surface area contributed by atoms with Crippen molar-refractivity contribution in [2.75, 3.05) is 52.4 Å². The molecule has 0 aromatic carbocycles. The molecule has 5 heteroatoms. The summed E-state index contributed by atoms with van der Waals surface area (Å²) in [5.74, 6) is 0.407. The summed E-state index contributed by atoms with van der Waals surface area (Å²) >= 11 is 0. The lowest BCUT2D eigenvalue weighted by molar-refractivity contribution is -0.125. The third kappa shape index (κ3) is 4.43. The first-order valence-corrected chi connectivity index (χ1v) is 8.15. The van der Waals surface area contributed by atoms with Crippen molar-refractivity contribution in [3.05, 3.63) is 0 Å². The van der Waals surface area contributed by atoms with Crippen LogP contribution in [0.25, 0.3) is 0 Å². The molecule has 5 nitrogen and oxygen atoms in total. The zero-order valence-corrected chi connectivity index (χ0v) is 13.0. The molecule has 0 aromatic rings. The van der Waals surface area contributed by atoms with E-state index in [1.807, 2.05) is 0 Å². The van der Waals surface area contributed by atoms with Crippen molar-refractivity contribution in [1.29, 1.82) is 0 Å². The number of piperazine rings is 1. The summed E-state index contributed by atoms with van der Waals surface area (Å²) in [6, 6.07) is 0.439. The lowest BCUT2D eigenvalue weighted by atomic mass is 9.99. The molecule has 0 saturated carbocycles. The summed E-state index contributed by atoms with van der Waals surface area (Å²) in [4.78, 5) is 17.1. The molecule has 0 aromatic heterocycles. The van der Waals surface area contributed by atoms with Crippen LogP contribution in [0.1, 0.15) is 26.7 Å². The van der Waals surface area contributed by atoms with Crippen LogP contribution in [0, 0.1) is 5.92 Å². The van der Waals surface area contributed by atoms with E-state index in [-0.39, 0.29) is 11.8 Å². The van der Waals surface area contributed by atoms with Gasteiger partial charge in [0.2, 0.25) is 5.91 Å². The van der Waals surface area contributed by atoms with Crippen molar-refractivity contribution in [3.8, 4) is 0 Å². The Kier molecular flexibility index (Phi) is 6.26. The molecular weight excluding hydrogens is 252 g/mol. The van der Waals surface area contributed by atoms with Crippen molar-refractivity contribution in [2.45, 2.75) is 32.7 Å². The summed E-state index contributed by atoms with van der Waals surface area (Å²) in [5.41, 5.74) is 0. The fourth-order valence-corrected chi connectivity index (χ4v) is 3.12. The van der Waals surface area contributed by atoms with Crippen LogP contribution in [0.15, 0.2) is 0 Å². The number of nitrogens with zero attached hydrogens (tertiary/aromatic N) is 2. The first kappa shape index (κ1) is 15.7.